The minimum atomic E-state index is -2.21. The lowest BCUT2D eigenvalue weighted by atomic mass is 9.77. The highest BCUT2D eigenvalue weighted by Gasteiger charge is 2.59. The van der Waals surface area contributed by atoms with E-state index < -0.39 is 41.2 Å². The molecule has 0 saturated carbocycles. The van der Waals surface area contributed by atoms with Crippen molar-refractivity contribution in [1.29, 1.82) is 0 Å². The fourth-order valence-electron chi connectivity index (χ4n) is 7.67. The van der Waals surface area contributed by atoms with Crippen LogP contribution < -0.4 is 14.2 Å². The van der Waals surface area contributed by atoms with Crippen LogP contribution in [-0.2, 0) is 36.8 Å². The highest BCUT2D eigenvalue weighted by atomic mass is 16.7. The molecule has 0 bridgehead atoms. The van der Waals surface area contributed by atoms with Gasteiger partial charge in [0.05, 0.1) is 37.7 Å². The number of methoxy groups -OCH3 is 2. The SMILES string of the molecule is COC1=C[C@@]23CCCN2CCc2cc4c(cc2[C@@H]3C1OC(=O)[C@@](O)(CCCC(C)(C)O)CC(=O)OCc1ccccc1OC)OCO4. The number of benzene rings is 2. The topological polar surface area (TPSA) is 133 Å². The normalized spacial score (nSPS) is 24.3. The Morgan fingerprint density at radius 3 is 2.55 bits per heavy atom. The summed E-state index contributed by atoms with van der Waals surface area (Å²) < 4.78 is 34.5. The lowest BCUT2D eigenvalue weighted by molar-refractivity contribution is -0.179. The Balaban J connectivity index is 1.28. The van der Waals surface area contributed by atoms with E-state index in [-0.39, 0.29) is 32.2 Å². The molecule has 4 atom stereocenters. The first-order valence-corrected chi connectivity index (χ1v) is 16.3. The fraction of sp³-hybridized carbons (Fsp3) is 0.556. The van der Waals surface area contributed by atoms with Crippen LogP contribution in [0.1, 0.15) is 75.0 Å². The van der Waals surface area contributed by atoms with Crippen molar-refractivity contribution in [3.8, 4) is 17.2 Å². The minimum absolute atomic E-state index is 0.0931. The molecule has 11 nitrogen and oxygen atoms in total. The van der Waals surface area contributed by atoms with E-state index in [1.54, 1.807) is 39.2 Å². The van der Waals surface area contributed by atoms with Crippen molar-refractivity contribution in [3.63, 3.8) is 0 Å². The highest BCUT2D eigenvalue weighted by Crippen LogP contribution is 2.55. The second-order valence-corrected chi connectivity index (χ2v) is 13.6. The van der Waals surface area contributed by atoms with Gasteiger partial charge in [0.15, 0.2) is 23.2 Å². The number of para-hydroxylation sites is 1. The summed E-state index contributed by atoms with van der Waals surface area (Å²) in [5.41, 5.74) is -0.975. The molecule has 2 aromatic carbocycles. The molecule has 1 spiro atoms. The number of hydrogen-bond acceptors (Lipinski definition) is 11. The van der Waals surface area contributed by atoms with Gasteiger partial charge in [0.1, 0.15) is 18.1 Å². The van der Waals surface area contributed by atoms with Gasteiger partial charge in [0.25, 0.3) is 0 Å². The first-order chi connectivity index (χ1) is 22.5. The molecule has 47 heavy (non-hydrogen) atoms. The van der Waals surface area contributed by atoms with Gasteiger partial charge in [-0.05, 0) is 94.3 Å². The van der Waals surface area contributed by atoms with Crippen molar-refractivity contribution in [2.24, 2.45) is 0 Å². The molecule has 0 radical (unpaired) electrons. The van der Waals surface area contributed by atoms with E-state index >= 15 is 0 Å². The Morgan fingerprint density at radius 1 is 1.04 bits per heavy atom. The Labute approximate surface area is 275 Å². The van der Waals surface area contributed by atoms with Crippen LogP contribution in [0.3, 0.4) is 0 Å². The second kappa shape index (κ2) is 13.0. The average Bonchev–Trinajstić information content (AvgIpc) is 3.73. The molecule has 6 rings (SSSR count). The van der Waals surface area contributed by atoms with Crippen molar-refractivity contribution < 1.29 is 48.2 Å². The van der Waals surface area contributed by atoms with Crippen LogP contribution in [0.4, 0.5) is 0 Å². The minimum Gasteiger partial charge on any atom is -0.497 e. The average molecular weight is 652 g/mol. The highest BCUT2D eigenvalue weighted by molar-refractivity contribution is 5.86. The van der Waals surface area contributed by atoms with Gasteiger partial charge >= 0.3 is 11.9 Å². The van der Waals surface area contributed by atoms with Gasteiger partial charge in [-0.25, -0.2) is 4.79 Å². The summed E-state index contributed by atoms with van der Waals surface area (Å²) in [4.78, 5) is 29.8. The van der Waals surface area contributed by atoms with E-state index in [0.29, 0.717) is 35.0 Å². The van der Waals surface area contributed by atoms with Crippen LogP contribution in [0.5, 0.6) is 17.2 Å². The first kappa shape index (κ1) is 33.1. The molecule has 1 unspecified atom stereocenters. The zero-order valence-electron chi connectivity index (χ0n) is 27.6. The summed E-state index contributed by atoms with van der Waals surface area (Å²) in [6, 6.07) is 11.1. The van der Waals surface area contributed by atoms with E-state index in [1.807, 2.05) is 18.2 Å². The number of carbonyl (C=O) groups is 2. The van der Waals surface area contributed by atoms with Crippen molar-refractivity contribution >= 4 is 11.9 Å². The Kier molecular flexibility index (Phi) is 9.17. The number of carbonyl (C=O) groups excluding carboxylic acids is 2. The molecule has 0 aromatic heterocycles. The third-order valence-corrected chi connectivity index (χ3v) is 9.98. The number of esters is 2. The van der Waals surface area contributed by atoms with E-state index in [1.165, 1.54) is 7.11 Å². The van der Waals surface area contributed by atoms with Gasteiger partial charge in [0, 0.05) is 12.1 Å². The Bertz CT molecular complexity index is 1530. The Morgan fingerprint density at radius 2 is 1.81 bits per heavy atom. The molecule has 11 heteroatoms. The zero-order chi connectivity index (χ0) is 33.4. The van der Waals surface area contributed by atoms with E-state index in [4.69, 9.17) is 28.4 Å². The van der Waals surface area contributed by atoms with Crippen molar-refractivity contribution in [3.05, 3.63) is 64.9 Å². The third kappa shape index (κ3) is 6.53. The molecule has 1 aliphatic carbocycles. The predicted molar refractivity (Wildman–Crippen MR) is 170 cm³/mol. The van der Waals surface area contributed by atoms with Crippen LogP contribution in [0, 0.1) is 0 Å². The molecule has 254 valence electrons. The van der Waals surface area contributed by atoms with E-state index in [0.717, 1.165) is 43.5 Å². The molecule has 3 heterocycles. The van der Waals surface area contributed by atoms with Gasteiger partial charge in [0.2, 0.25) is 6.79 Å². The maximum absolute atomic E-state index is 14.2. The summed E-state index contributed by atoms with van der Waals surface area (Å²) >= 11 is 0. The fourth-order valence-corrected chi connectivity index (χ4v) is 7.67. The van der Waals surface area contributed by atoms with Crippen LogP contribution >= 0.6 is 0 Å². The van der Waals surface area contributed by atoms with E-state index in [2.05, 4.69) is 11.0 Å². The summed E-state index contributed by atoms with van der Waals surface area (Å²) in [6.45, 7) is 5.07. The van der Waals surface area contributed by atoms with Crippen LogP contribution in [-0.4, -0.2) is 84.0 Å². The molecular weight excluding hydrogens is 606 g/mol. The number of ether oxygens (including phenoxy) is 6. The smallest absolute Gasteiger partial charge is 0.339 e. The molecule has 3 aliphatic heterocycles. The monoisotopic (exact) mass is 651 g/mol. The van der Waals surface area contributed by atoms with Crippen molar-refractivity contribution in [2.75, 3.05) is 34.1 Å². The summed E-state index contributed by atoms with van der Waals surface area (Å²) in [5.74, 6) is 0.345. The van der Waals surface area contributed by atoms with Crippen molar-refractivity contribution in [1.82, 2.24) is 4.90 Å². The lowest BCUT2D eigenvalue weighted by Crippen LogP contribution is -2.49. The molecular formula is C36H45NO10. The van der Waals surface area contributed by atoms with Crippen LogP contribution in [0.2, 0.25) is 0 Å². The van der Waals surface area contributed by atoms with Gasteiger partial charge < -0.3 is 38.6 Å². The van der Waals surface area contributed by atoms with E-state index in [9.17, 15) is 19.8 Å². The van der Waals surface area contributed by atoms with Gasteiger partial charge in [-0.3, -0.25) is 9.69 Å². The summed E-state index contributed by atoms with van der Waals surface area (Å²) in [5, 5.41) is 22.3. The maximum atomic E-state index is 14.2. The third-order valence-electron chi connectivity index (χ3n) is 9.98. The first-order valence-electron chi connectivity index (χ1n) is 16.3. The quantitative estimate of drug-likeness (QED) is 0.321. The summed E-state index contributed by atoms with van der Waals surface area (Å²) in [7, 11) is 3.08. The molecule has 2 N–H and O–H groups in total. The van der Waals surface area contributed by atoms with Gasteiger partial charge in [-0.1, -0.05) is 18.2 Å². The van der Waals surface area contributed by atoms with Crippen molar-refractivity contribution in [2.45, 2.75) is 94.2 Å². The summed E-state index contributed by atoms with van der Waals surface area (Å²) in [6.07, 6.45) is 3.65. The van der Waals surface area contributed by atoms with Gasteiger partial charge in [-0.15, -0.1) is 0 Å². The number of fused-ring (bicyclic) bond motifs is 3. The standard InChI is InChI=1S/C36H45NO10/c1-34(2,40)12-7-14-36(41,20-30(38)44-21-24-9-5-6-10-26(24)42-3)33(39)47-32-29(43-4)19-35-13-8-15-37(35)16-11-23-17-27-28(46-22-45-27)18-25(23)31(32)35/h5-6,9-10,17-19,31-32,40-41H,7-8,11-16,20-22H2,1-4H3/t31-,32?,35-,36-/m1/s1. The Hall–Kier alpha value is -3.80. The molecule has 2 aromatic rings. The molecule has 1 saturated heterocycles. The lowest BCUT2D eigenvalue weighted by Gasteiger charge is -2.39. The van der Waals surface area contributed by atoms with Crippen LogP contribution in [0.25, 0.3) is 0 Å². The molecule has 0 amide bonds. The zero-order valence-corrected chi connectivity index (χ0v) is 27.6. The number of aliphatic hydroxyl groups is 2. The predicted octanol–water partition coefficient (Wildman–Crippen LogP) is 4.16. The van der Waals surface area contributed by atoms with Crippen LogP contribution in [0.15, 0.2) is 48.2 Å². The maximum Gasteiger partial charge on any atom is 0.339 e. The second-order valence-electron chi connectivity index (χ2n) is 13.6. The largest absolute Gasteiger partial charge is 0.497 e. The number of hydrogen-bond donors (Lipinski definition) is 2. The number of rotatable bonds is 12. The molecule has 4 aliphatic rings. The number of nitrogens with zero attached hydrogens (tertiary/aromatic N) is 1. The van der Waals surface area contributed by atoms with Gasteiger partial charge in [-0.2, -0.15) is 0 Å². The molecule has 1 fully saturated rings.